The average Bonchev–Trinajstić information content (AvgIpc) is 2.79. The molecule has 2 heterocycles. The molecular weight excluding hydrogens is 192 g/mol. The molecule has 0 spiro atoms. The zero-order chi connectivity index (χ0) is 10.7. The second-order valence-electron chi connectivity index (χ2n) is 4.27. The number of hydrogen-bond acceptors (Lipinski definition) is 5. The second-order valence-corrected chi connectivity index (χ2v) is 4.27. The molecule has 0 bridgehead atoms. The molecule has 0 aromatic carbocycles. The summed E-state index contributed by atoms with van der Waals surface area (Å²) < 4.78 is 4.67. The first-order valence-corrected chi connectivity index (χ1v) is 5.44. The molecule has 2 unspecified atom stereocenters. The monoisotopic (exact) mass is 210 g/mol. The van der Waals surface area contributed by atoms with Gasteiger partial charge in [0.1, 0.15) is 0 Å². The molecule has 1 N–H and O–H groups in total. The van der Waals surface area contributed by atoms with Crippen LogP contribution in [0.25, 0.3) is 0 Å². The first kappa shape index (κ1) is 10.6. The number of likely N-dealkylation sites (tertiary alicyclic amines) is 1. The molecule has 5 nitrogen and oxygen atoms in total. The predicted molar refractivity (Wildman–Crippen MR) is 56.5 cm³/mol. The van der Waals surface area contributed by atoms with Crippen molar-refractivity contribution >= 4 is 0 Å². The summed E-state index contributed by atoms with van der Waals surface area (Å²) in [6, 6.07) is 1.30. The van der Waals surface area contributed by atoms with Crippen LogP contribution in [0, 0.1) is 0 Å². The number of aromatic nitrogens is 2. The van der Waals surface area contributed by atoms with E-state index in [2.05, 4.69) is 38.9 Å². The highest BCUT2D eigenvalue weighted by Gasteiger charge is 2.25. The lowest BCUT2D eigenvalue weighted by atomic mass is 10.2. The smallest absolute Gasteiger partial charge is 0.213 e. The first-order valence-electron chi connectivity index (χ1n) is 5.44. The number of nitrogens with zero attached hydrogens (tertiary/aromatic N) is 3. The number of likely N-dealkylation sites (N-methyl/N-ethyl adjacent to an activating group) is 1. The van der Waals surface area contributed by atoms with E-state index in [9.17, 15) is 0 Å². The first-order chi connectivity index (χ1) is 7.25. The second kappa shape index (κ2) is 4.72. The Morgan fingerprint density at radius 1 is 1.67 bits per heavy atom. The molecule has 0 amide bonds. The SMILES string of the molecule is CC1CC(NCCc2ncon2)CN1C. The van der Waals surface area contributed by atoms with Crippen LogP contribution in [0.3, 0.4) is 0 Å². The van der Waals surface area contributed by atoms with Gasteiger partial charge in [0.05, 0.1) is 0 Å². The summed E-state index contributed by atoms with van der Waals surface area (Å²) in [6.07, 6.45) is 3.44. The summed E-state index contributed by atoms with van der Waals surface area (Å²) in [4.78, 5) is 6.36. The molecule has 1 aliphatic rings. The van der Waals surface area contributed by atoms with E-state index in [1.807, 2.05) is 0 Å². The number of rotatable bonds is 4. The summed E-state index contributed by atoms with van der Waals surface area (Å²) >= 11 is 0. The minimum Gasteiger partial charge on any atom is -0.343 e. The fourth-order valence-corrected chi connectivity index (χ4v) is 2.03. The van der Waals surface area contributed by atoms with Crippen LogP contribution in [-0.4, -0.2) is 47.3 Å². The third-order valence-corrected chi connectivity index (χ3v) is 3.08. The largest absolute Gasteiger partial charge is 0.343 e. The van der Waals surface area contributed by atoms with E-state index in [4.69, 9.17) is 0 Å². The Kier molecular flexibility index (Phi) is 3.33. The summed E-state index contributed by atoms with van der Waals surface area (Å²) in [7, 11) is 2.17. The van der Waals surface area contributed by atoms with Crippen LogP contribution in [0.15, 0.2) is 10.9 Å². The van der Waals surface area contributed by atoms with Crippen molar-refractivity contribution in [2.75, 3.05) is 20.1 Å². The van der Waals surface area contributed by atoms with Crippen molar-refractivity contribution in [3.05, 3.63) is 12.2 Å². The van der Waals surface area contributed by atoms with E-state index in [-0.39, 0.29) is 0 Å². The average molecular weight is 210 g/mol. The minimum absolute atomic E-state index is 0.608. The Hall–Kier alpha value is -0.940. The van der Waals surface area contributed by atoms with Gasteiger partial charge in [-0.2, -0.15) is 4.98 Å². The number of hydrogen-bond donors (Lipinski definition) is 1. The van der Waals surface area contributed by atoms with Crippen molar-refractivity contribution in [3.63, 3.8) is 0 Å². The maximum atomic E-state index is 4.67. The molecule has 2 rings (SSSR count). The van der Waals surface area contributed by atoms with Crippen LogP contribution in [0.2, 0.25) is 0 Å². The van der Waals surface area contributed by atoms with Gasteiger partial charge in [-0.05, 0) is 20.4 Å². The molecule has 0 aliphatic carbocycles. The van der Waals surface area contributed by atoms with Gasteiger partial charge in [0.2, 0.25) is 6.39 Å². The van der Waals surface area contributed by atoms with Gasteiger partial charge < -0.3 is 14.7 Å². The molecule has 1 fully saturated rings. The highest BCUT2D eigenvalue weighted by molar-refractivity contribution is 4.86. The van der Waals surface area contributed by atoms with E-state index < -0.39 is 0 Å². The number of nitrogens with one attached hydrogen (secondary N) is 1. The van der Waals surface area contributed by atoms with Gasteiger partial charge in [0.25, 0.3) is 0 Å². The Balaban J connectivity index is 1.67. The van der Waals surface area contributed by atoms with Crippen LogP contribution in [0.4, 0.5) is 0 Å². The van der Waals surface area contributed by atoms with E-state index in [0.29, 0.717) is 12.1 Å². The van der Waals surface area contributed by atoms with Crippen molar-refractivity contribution in [1.29, 1.82) is 0 Å². The lowest BCUT2D eigenvalue weighted by molar-refractivity contribution is 0.326. The fraction of sp³-hybridized carbons (Fsp3) is 0.800. The zero-order valence-electron chi connectivity index (χ0n) is 9.31. The van der Waals surface area contributed by atoms with Gasteiger partial charge in [-0.15, -0.1) is 0 Å². The molecule has 0 radical (unpaired) electrons. The molecule has 0 saturated carbocycles. The topological polar surface area (TPSA) is 54.2 Å². The van der Waals surface area contributed by atoms with E-state index in [1.54, 1.807) is 0 Å². The van der Waals surface area contributed by atoms with Gasteiger partial charge in [-0.1, -0.05) is 5.16 Å². The Morgan fingerprint density at radius 2 is 2.53 bits per heavy atom. The highest BCUT2D eigenvalue weighted by Crippen LogP contribution is 2.14. The van der Waals surface area contributed by atoms with Crippen LogP contribution in [0.5, 0.6) is 0 Å². The van der Waals surface area contributed by atoms with Gasteiger partial charge in [-0.3, -0.25) is 0 Å². The summed E-state index contributed by atoms with van der Waals surface area (Å²) in [5, 5.41) is 7.29. The van der Waals surface area contributed by atoms with E-state index in [1.165, 1.54) is 12.8 Å². The third kappa shape index (κ3) is 2.76. The zero-order valence-corrected chi connectivity index (χ0v) is 9.31. The van der Waals surface area contributed by atoms with Gasteiger partial charge in [0.15, 0.2) is 5.82 Å². The summed E-state index contributed by atoms with van der Waals surface area (Å²) in [6.45, 7) is 4.32. The minimum atomic E-state index is 0.608. The Bertz CT molecular complexity index is 278. The van der Waals surface area contributed by atoms with Crippen LogP contribution < -0.4 is 5.32 Å². The molecule has 15 heavy (non-hydrogen) atoms. The van der Waals surface area contributed by atoms with Gasteiger partial charge in [-0.25, -0.2) is 0 Å². The van der Waals surface area contributed by atoms with Crippen molar-refractivity contribution in [2.24, 2.45) is 0 Å². The summed E-state index contributed by atoms with van der Waals surface area (Å²) in [5.41, 5.74) is 0. The lowest BCUT2D eigenvalue weighted by Crippen LogP contribution is -2.33. The van der Waals surface area contributed by atoms with Crippen LogP contribution in [-0.2, 0) is 6.42 Å². The van der Waals surface area contributed by atoms with E-state index in [0.717, 1.165) is 25.3 Å². The molecule has 1 aromatic rings. The fourth-order valence-electron chi connectivity index (χ4n) is 2.03. The van der Waals surface area contributed by atoms with Gasteiger partial charge >= 0.3 is 0 Å². The van der Waals surface area contributed by atoms with Crippen molar-refractivity contribution in [3.8, 4) is 0 Å². The van der Waals surface area contributed by atoms with Crippen molar-refractivity contribution in [2.45, 2.75) is 31.8 Å². The standard InChI is InChI=1S/C10H18N4O/c1-8-5-9(6-14(8)2)11-4-3-10-12-7-15-13-10/h7-9,11H,3-6H2,1-2H3. The maximum Gasteiger partial charge on any atom is 0.213 e. The Labute approximate surface area is 89.8 Å². The summed E-state index contributed by atoms with van der Waals surface area (Å²) in [5.74, 6) is 0.780. The molecule has 1 aliphatic heterocycles. The third-order valence-electron chi connectivity index (χ3n) is 3.08. The lowest BCUT2D eigenvalue weighted by Gasteiger charge is -2.12. The quantitative estimate of drug-likeness (QED) is 0.774. The Morgan fingerprint density at radius 3 is 3.13 bits per heavy atom. The maximum absolute atomic E-state index is 4.67. The van der Waals surface area contributed by atoms with Gasteiger partial charge in [0, 0.05) is 31.6 Å². The molecular formula is C10H18N4O. The van der Waals surface area contributed by atoms with E-state index >= 15 is 0 Å². The molecule has 1 saturated heterocycles. The van der Waals surface area contributed by atoms with Crippen molar-refractivity contribution < 1.29 is 4.52 Å². The predicted octanol–water partition coefficient (Wildman–Crippen LogP) is 0.294. The molecule has 2 atom stereocenters. The highest BCUT2D eigenvalue weighted by atomic mass is 16.5. The molecule has 84 valence electrons. The van der Waals surface area contributed by atoms with Crippen molar-refractivity contribution in [1.82, 2.24) is 20.4 Å². The van der Waals surface area contributed by atoms with Crippen LogP contribution in [0.1, 0.15) is 19.2 Å². The van der Waals surface area contributed by atoms with Crippen LogP contribution >= 0.6 is 0 Å². The molecule has 1 aromatic heterocycles. The normalized spacial score (nSPS) is 27.3. The molecule has 5 heteroatoms.